The monoisotopic (exact) mass is 331 g/mol. The van der Waals surface area contributed by atoms with Crippen LogP contribution in [0.15, 0.2) is 9.85 Å². The molecule has 1 saturated carbocycles. The van der Waals surface area contributed by atoms with Crippen molar-refractivity contribution in [1.29, 1.82) is 0 Å². The Morgan fingerprint density at radius 1 is 1.56 bits per heavy atom. The van der Waals surface area contributed by atoms with Crippen LogP contribution in [-0.2, 0) is 4.79 Å². The maximum atomic E-state index is 12.3. The van der Waals surface area contributed by atoms with Crippen LogP contribution in [-0.4, -0.2) is 35.0 Å². The highest BCUT2D eigenvalue weighted by Gasteiger charge is 2.29. The SMILES string of the molecule is Cc1cc(C(=O)N(CC(=O)O)CC2CC2)sc1Br. The molecule has 0 aliphatic heterocycles. The van der Waals surface area contributed by atoms with Crippen molar-refractivity contribution in [2.24, 2.45) is 5.92 Å². The van der Waals surface area contributed by atoms with Crippen molar-refractivity contribution in [2.45, 2.75) is 19.8 Å². The first kappa shape index (κ1) is 13.5. The zero-order valence-electron chi connectivity index (χ0n) is 9.98. The number of thiophene rings is 1. The summed E-state index contributed by atoms with van der Waals surface area (Å²) in [5, 5.41) is 8.87. The topological polar surface area (TPSA) is 57.6 Å². The molecule has 4 nitrogen and oxygen atoms in total. The summed E-state index contributed by atoms with van der Waals surface area (Å²) in [6.45, 7) is 2.25. The van der Waals surface area contributed by atoms with Gasteiger partial charge >= 0.3 is 5.97 Å². The fourth-order valence-corrected chi connectivity index (χ4v) is 3.22. The Morgan fingerprint density at radius 3 is 2.67 bits per heavy atom. The van der Waals surface area contributed by atoms with Crippen molar-refractivity contribution in [2.75, 3.05) is 13.1 Å². The first-order valence-corrected chi connectivity index (χ1v) is 7.35. The first-order valence-electron chi connectivity index (χ1n) is 5.74. The Hall–Kier alpha value is -0.880. The molecule has 98 valence electrons. The number of aryl methyl sites for hydroxylation is 1. The number of hydrogen-bond donors (Lipinski definition) is 1. The molecular weight excluding hydrogens is 318 g/mol. The van der Waals surface area contributed by atoms with Crippen molar-refractivity contribution >= 4 is 39.1 Å². The number of carboxylic acids is 1. The molecule has 0 atom stereocenters. The highest BCUT2D eigenvalue weighted by molar-refractivity contribution is 9.11. The van der Waals surface area contributed by atoms with Gasteiger partial charge in [0.15, 0.2) is 0 Å². The van der Waals surface area contributed by atoms with Crippen molar-refractivity contribution < 1.29 is 14.7 Å². The second kappa shape index (κ2) is 5.40. The molecule has 6 heteroatoms. The molecule has 1 aromatic rings. The van der Waals surface area contributed by atoms with E-state index in [4.69, 9.17) is 5.11 Å². The van der Waals surface area contributed by atoms with Gasteiger partial charge in [-0.3, -0.25) is 9.59 Å². The van der Waals surface area contributed by atoms with Crippen molar-refractivity contribution in [1.82, 2.24) is 4.90 Å². The third-order valence-corrected chi connectivity index (χ3v) is 4.98. The number of hydrogen-bond acceptors (Lipinski definition) is 3. The van der Waals surface area contributed by atoms with Gasteiger partial charge in [-0.15, -0.1) is 11.3 Å². The molecule has 1 N–H and O–H groups in total. The van der Waals surface area contributed by atoms with Crippen LogP contribution in [0, 0.1) is 12.8 Å². The van der Waals surface area contributed by atoms with E-state index in [-0.39, 0.29) is 12.5 Å². The van der Waals surface area contributed by atoms with E-state index in [1.807, 2.05) is 6.92 Å². The zero-order chi connectivity index (χ0) is 13.3. The van der Waals surface area contributed by atoms with Crippen molar-refractivity contribution in [3.8, 4) is 0 Å². The minimum atomic E-state index is -0.962. The molecule has 0 aromatic carbocycles. The maximum Gasteiger partial charge on any atom is 0.323 e. The molecule has 2 rings (SSSR count). The molecule has 0 unspecified atom stereocenters. The molecule has 18 heavy (non-hydrogen) atoms. The van der Waals surface area contributed by atoms with Gasteiger partial charge in [0, 0.05) is 6.54 Å². The van der Waals surface area contributed by atoms with E-state index < -0.39 is 5.97 Å². The summed E-state index contributed by atoms with van der Waals surface area (Å²) in [6, 6.07) is 1.80. The van der Waals surface area contributed by atoms with Crippen LogP contribution in [0.2, 0.25) is 0 Å². The number of aliphatic carboxylic acids is 1. The van der Waals surface area contributed by atoms with E-state index in [0.717, 1.165) is 22.2 Å². The Labute approximate surface area is 118 Å². The predicted molar refractivity (Wildman–Crippen MR) is 73.0 cm³/mol. The summed E-state index contributed by atoms with van der Waals surface area (Å²) in [6.07, 6.45) is 2.19. The van der Waals surface area contributed by atoms with Gasteiger partial charge in [0.05, 0.1) is 8.66 Å². The predicted octanol–water partition coefficient (Wildman–Crippen LogP) is 2.76. The molecule has 1 aromatic heterocycles. The number of carbonyl (C=O) groups excluding carboxylic acids is 1. The van der Waals surface area contributed by atoms with Crippen LogP contribution in [0.5, 0.6) is 0 Å². The Kier molecular flexibility index (Phi) is 4.07. The normalized spacial score (nSPS) is 14.6. The summed E-state index contributed by atoms with van der Waals surface area (Å²) in [4.78, 5) is 25.1. The summed E-state index contributed by atoms with van der Waals surface area (Å²) in [7, 11) is 0. The average molecular weight is 332 g/mol. The van der Waals surface area contributed by atoms with Gasteiger partial charge in [-0.25, -0.2) is 0 Å². The van der Waals surface area contributed by atoms with E-state index in [2.05, 4.69) is 15.9 Å². The number of nitrogens with zero attached hydrogens (tertiary/aromatic N) is 1. The molecular formula is C12H14BrNO3S. The fourth-order valence-electron chi connectivity index (χ4n) is 1.72. The van der Waals surface area contributed by atoms with Crippen LogP contribution in [0.4, 0.5) is 0 Å². The largest absolute Gasteiger partial charge is 0.480 e. The van der Waals surface area contributed by atoms with E-state index in [1.54, 1.807) is 6.07 Å². The third kappa shape index (κ3) is 3.32. The van der Waals surface area contributed by atoms with E-state index >= 15 is 0 Å². The van der Waals surface area contributed by atoms with Gasteiger partial charge < -0.3 is 10.0 Å². The number of rotatable bonds is 5. The Balaban J connectivity index is 2.12. The molecule has 0 bridgehead atoms. The molecule has 0 spiro atoms. The molecule has 1 aliphatic carbocycles. The second-order valence-corrected chi connectivity index (χ2v) is 6.96. The lowest BCUT2D eigenvalue weighted by atomic mass is 10.3. The molecule has 1 aliphatic rings. The van der Waals surface area contributed by atoms with Gasteiger partial charge in [0.1, 0.15) is 6.54 Å². The van der Waals surface area contributed by atoms with Gasteiger partial charge in [0.25, 0.3) is 5.91 Å². The fraction of sp³-hybridized carbons (Fsp3) is 0.500. The van der Waals surface area contributed by atoms with Gasteiger partial charge in [-0.1, -0.05) is 0 Å². The van der Waals surface area contributed by atoms with E-state index in [9.17, 15) is 9.59 Å². The standard InChI is InChI=1S/C12H14BrNO3S/c1-7-4-9(18-11(7)13)12(17)14(6-10(15)16)5-8-2-3-8/h4,8H,2-3,5-6H2,1H3,(H,15,16). The number of carboxylic acid groups (broad SMARTS) is 1. The summed E-state index contributed by atoms with van der Waals surface area (Å²) in [5.41, 5.74) is 1.00. The maximum absolute atomic E-state index is 12.3. The van der Waals surface area contributed by atoms with Crippen LogP contribution in [0.3, 0.4) is 0 Å². The van der Waals surface area contributed by atoms with Crippen molar-refractivity contribution in [3.63, 3.8) is 0 Å². The number of amides is 1. The lowest BCUT2D eigenvalue weighted by Crippen LogP contribution is -2.36. The van der Waals surface area contributed by atoms with Crippen LogP contribution in [0.25, 0.3) is 0 Å². The average Bonchev–Trinajstić information content (AvgIpc) is 3.03. The Bertz CT molecular complexity index is 462. The van der Waals surface area contributed by atoms with Crippen molar-refractivity contribution in [3.05, 3.63) is 20.3 Å². The highest BCUT2D eigenvalue weighted by Crippen LogP contribution is 2.32. The zero-order valence-corrected chi connectivity index (χ0v) is 12.4. The lowest BCUT2D eigenvalue weighted by molar-refractivity contribution is -0.137. The summed E-state index contributed by atoms with van der Waals surface area (Å²) in [5.74, 6) is -0.655. The quantitative estimate of drug-likeness (QED) is 0.902. The molecule has 1 amide bonds. The molecule has 0 radical (unpaired) electrons. The van der Waals surface area contributed by atoms with Crippen LogP contribution < -0.4 is 0 Å². The van der Waals surface area contributed by atoms with Crippen LogP contribution in [0.1, 0.15) is 28.1 Å². The molecule has 0 saturated heterocycles. The lowest BCUT2D eigenvalue weighted by Gasteiger charge is -2.19. The third-order valence-electron chi connectivity index (χ3n) is 2.86. The van der Waals surface area contributed by atoms with Gasteiger partial charge in [0.2, 0.25) is 0 Å². The van der Waals surface area contributed by atoms with E-state index in [1.165, 1.54) is 16.2 Å². The number of carbonyl (C=O) groups is 2. The van der Waals surface area contributed by atoms with Gasteiger partial charge in [-0.2, -0.15) is 0 Å². The number of halogens is 1. The minimum absolute atomic E-state index is 0.178. The van der Waals surface area contributed by atoms with E-state index in [0.29, 0.717) is 17.3 Å². The Morgan fingerprint density at radius 2 is 2.22 bits per heavy atom. The summed E-state index contributed by atoms with van der Waals surface area (Å²) < 4.78 is 0.924. The first-order chi connectivity index (χ1) is 8.47. The highest BCUT2D eigenvalue weighted by atomic mass is 79.9. The van der Waals surface area contributed by atoms with Crippen LogP contribution >= 0.6 is 27.3 Å². The summed E-state index contributed by atoms with van der Waals surface area (Å²) >= 11 is 4.74. The second-order valence-electron chi connectivity index (χ2n) is 4.59. The smallest absolute Gasteiger partial charge is 0.323 e. The van der Waals surface area contributed by atoms with Gasteiger partial charge in [-0.05, 0) is 53.2 Å². The minimum Gasteiger partial charge on any atom is -0.480 e. The molecule has 1 heterocycles. The molecule has 1 fully saturated rings.